The van der Waals surface area contributed by atoms with Crippen LogP contribution in [0.1, 0.15) is 18.2 Å². The van der Waals surface area contributed by atoms with Crippen molar-refractivity contribution in [3.8, 4) is 0 Å². The van der Waals surface area contributed by atoms with Gasteiger partial charge < -0.3 is 9.80 Å². The van der Waals surface area contributed by atoms with Gasteiger partial charge in [0.2, 0.25) is 0 Å². The minimum absolute atomic E-state index is 0.669. The first-order chi connectivity index (χ1) is 12.2. The zero-order chi connectivity index (χ0) is 17.4. The number of benzene rings is 1. The molecule has 0 N–H and O–H groups in total. The number of rotatable bonds is 3. The van der Waals surface area contributed by atoms with Crippen molar-refractivity contribution in [2.75, 3.05) is 36.0 Å². The molecule has 4 rings (SSSR count). The van der Waals surface area contributed by atoms with Gasteiger partial charge >= 0.3 is 0 Å². The summed E-state index contributed by atoms with van der Waals surface area (Å²) in [5.41, 5.74) is 3.53. The molecule has 1 saturated heterocycles. The highest BCUT2D eigenvalue weighted by atomic mass is 35.5. The normalized spacial score (nSPS) is 15.2. The van der Waals surface area contributed by atoms with E-state index in [0.29, 0.717) is 5.78 Å². The molecule has 0 saturated carbocycles. The summed E-state index contributed by atoms with van der Waals surface area (Å²) in [6.45, 7) is 7.98. The van der Waals surface area contributed by atoms with Crippen LogP contribution in [0.15, 0.2) is 30.6 Å². The van der Waals surface area contributed by atoms with E-state index in [-0.39, 0.29) is 0 Å². The van der Waals surface area contributed by atoms with Crippen molar-refractivity contribution in [3.63, 3.8) is 0 Å². The summed E-state index contributed by atoms with van der Waals surface area (Å²) < 4.78 is 1.83. The SMILES string of the molecule is CCc1cc(N2CCN(c3cc(Cl)ccc3C)CC2)n2ncnc2n1. The predicted octanol–water partition coefficient (Wildman–Crippen LogP) is 2.98. The lowest BCUT2D eigenvalue weighted by Gasteiger charge is -2.37. The summed E-state index contributed by atoms with van der Waals surface area (Å²) >= 11 is 6.18. The molecule has 0 radical (unpaired) electrons. The molecule has 1 aliphatic heterocycles. The summed E-state index contributed by atoms with van der Waals surface area (Å²) in [7, 11) is 0. The topological polar surface area (TPSA) is 49.6 Å². The van der Waals surface area contributed by atoms with E-state index in [1.807, 2.05) is 10.6 Å². The maximum atomic E-state index is 6.18. The molecule has 1 aliphatic rings. The molecule has 25 heavy (non-hydrogen) atoms. The molecule has 0 bridgehead atoms. The monoisotopic (exact) mass is 356 g/mol. The number of fused-ring (bicyclic) bond motifs is 1. The van der Waals surface area contributed by atoms with Crippen molar-refractivity contribution in [1.29, 1.82) is 0 Å². The minimum Gasteiger partial charge on any atom is -0.368 e. The Labute approximate surface area is 152 Å². The number of piperazine rings is 1. The Morgan fingerprint density at radius 3 is 2.60 bits per heavy atom. The summed E-state index contributed by atoms with van der Waals surface area (Å²) in [6.07, 6.45) is 2.45. The molecule has 3 heterocycles. The van der Waals surface area contributed by atoms with Gasteiger partial charge in [0, 0.05) is 48.6 Å². The Morgan fingerprint density at radius 1 is 1.08 bits per heavy atom. The lowest BCUT2D eigenvalue weighted by molar-refractivity contribution is 0.637. The van der Waals surface area contributed by atoms with Crippen molar-refractivity contribution < 1.29 is 0 Å². The van der Waals surface area contributed by atoms with E-state index in [1.165, 1.54) is 11.3 Å². The summed E-state index contributed by atoms with van der Waals surface area (Å²) in [5, 5.41) is 5.13. The van der Waals surface area contributed by atoms with Gasteiger partial charge in [-0.15, -0.1) is 0 Å². The third-order valence-electron chi connectivity index (χ3n) is 4.76. The number of nitrogens with zero attached hydrogens (tertiary/aromatic N) is 6. The smallest absolute Gasteiger partial charge is 0.254 e. The van der Waals surface area contributed by atoms with Crippen molar-refractivity contribution in [1.82, 2.24) is 19.6 Å². The van der Waals surface area contributed by atoms with E-state index in [2.05, 4.69) is 56.9 Å². The van der Waals surface area contributed by atoms with E-state index in [9.17, 15) is 0 Å². The number of anilines is 2. The van der Waals surface area contributed by atoms with Gasteiger partial charge in [0.05, 0.1) is 0 Å². The van der Waals surface area contributed by atoms with Gasteiger partial charge in [-0.05, 0) is 31.0 Å². The van der Waals surface area contributed by atoms with Crippen LogP contribution in [-0.2, 0) is 6.42 Å². The van der Waals surface area contributed by atoms with Gasteiger partial charge in [0.1, 0.15) is 12.1 Å². The minimum atomic E-state index is 0.669. The quantitative estimate of drug-likeness (QED) is 0.722. The van der Waals surface area contributed by atoms with Gasteiger partial charge in [-0.25, -0.2) is 4.98 Å². The van der Waals surface area contributed by atoms with Crippen molar-refractivity contribution in [2.24, 2.45) is 0 Å². The average molecular weight is 357 g/mol. The van der Waals surface area contributed by atoms with Crippen LogP contribution in [0.3, 0.4) is 0 Å². The maximum absolute atomic E-state index is 6.18. The van der Waals surface area contributed by atoms with E-state index in [1.54, 1.807) is 6.33 Å². The third-order valence-corrected chi connectivity index (χ3v) is 5.00. The molecule has 0 atom stereocenters. The molecule has 130 valence electrons. The molecule has 0 spiro atoms. The van der Waals surface area contributed by atoms with Crippen LogP contribution in [0.4, 0.5) is 11.5 Å². The highest BCUT2D eigenvalue weighted by Gasteiger charge is 2.21. The van der Waals surface area contributed by atoms with Crippen LogP contribution in [0.5, 0.6) is 0 Å². The van der Waals surface area contributed by atoms with Gasteiger partial charge in [0.25, 0.3) is 5.78 Å². The molecule has 0 aliphatic carbocycles. The van der Waals surface area contributed by atoms with E-state index < -0.39 is 0 Å². The molecular weight excluding hydrogens is 336 g/mol. The van der Waals surface area contributed by atoms with Crippen LogP contribution >= 0.6 is 11.6 Å². The highest BCUT2D eigenvalue weighted by Crippen LogP contribution is 2.26. The van der Waals surface area contributed by atoms with Crippen LogP contribution in [-0.4, -0.2) is 45.8 Å². The lowest BCUT2D eigenvalue weighted by Crippen LogP contribution is -2.47. The summed E-state index contributed by atoms with van der Waals surface area (Å²) in [4.78, 5) is 13.5. The molecule has 7 heteroatoms. The lowest BCUT2D eigenvalue weighted by atomic mass is 10.1. The molecule has 0 unspecified atom stereocenters. The second-order valence-corrected chi connectivity index (χ2v) is 6.77. The fraction of sp³-hybridized carbons (Fsp3) is 0.389. The van der Waals surface area contributed by atoms with Gasteiger partial charge in [-0.3, -0.25) is 0 Å². The Hall–Kier alpha value is -2.34. The first-order valence-corrected chi connectivity index (χ1v) is 8.99. The zero-order valence-electron chi connectivity index (χ0n) is 14.5. The molecule has 1 fully saturated rings. The van der Waals surface area contributed by atoms with Crippen LogP contribution < -0.4 is 9.80 Å². The van der Waals surface area contributed by atoms with Crippen LogP contribution in [0.25, 0.3) is 5.78 Å². The van der Waals surface area contributed by atoms with E-state index in [4.69, 9.17) is 11.6 Å². The standard InChI is InChI=1S/C18H21ClN6/c1-3-15-11-17(25-18(22-15)20-12-21-25)24-8-6-23(7-9-24)16-10-14(19)5-4-13(16)2/h4-5,10-12H,3,6-9H2,1-2H3. The van der Waals surface area contributed by atoms with Gasteiger partial charge in [-0.2, -0.15) is 14.6 Å². The van der Waals surface area contributed by atoms with E-state index >= 15 is 0 Å². The highest BCUT2D eigenvalue weighted by molar-refractivity contribution is 6.30. The van der Waals surface area contributed by atoms with Crippen molar-refractivity contribution in [3.05, 3.63) is 46.9 Å². The Bertz CT molecular complexity index is 898. The largest absolute Gasteiger partial charge is 0.368 e. The Kier molecular flexibility index (Phi) is 4.21. The summed E-state index contributed by atoms with van der Waals surface area (Å²) in [5.74, 6) is 1.74. The molecular formula is C18H21ClN6. The zero-order valence-corrected chi connectivity index (χ0v) is 15.2. The maximum Gasteiger partial charge on any atom is 0.254 e. The number of aromatic nitrogens is 4. The first kappa shape index (κ1) is 16.1. The third kappa shape index (κ3) is 3.02. The molecule has 1 aromatic carbocycles. The fourth-order valence-corrected chi connectivity index (χ4v) is 3.52. The van der Waals surface area contributed by atoms with Crippen molar-refractivity contribution >= 4 is 28.9 Å². The molecule has 2 aromatic heterocycles. The van der Waals surface area contributed by atoms with Crippen molar-refractivity contribution in [2.45, 2.75) is 20.3 Å². The molecule has 6 nitrogen and oxygen atoms in total. The van der Waals surface area contributed by atoms with Gasteiger partial charge in [0.15, 0.2) is 0 Å². The number of aryl methyl sites for hydroxylation is 2. The average Bonchev–Trinajstić information content (AvgIpc) is 3.11. The molecule has 0 amide bonds. The summed E-state index contributed by atoms with van der Waals surface area (Å²) in [6, 6.07) is 8.21. The van der Waals surface area contributed by atoms with Crippen LogP contribution in [0, 0.1) is 6.92 Å². The number of hydrogen-bond donors (Lipinski definition) is 0. The van der Waals surface area contributed by atoms with E-state index in [0.717, 1.165) is 49.1 Å². The predicted molar refractivity (Wildman–Crippen MR) is 101 cm³/mol. The number of hydrogen-bond acceptors (Lipinski definition) is 5. The van der Waals surface area contributed by atoms with Crippen LogP contribution in [0.2, 0.25) is 5.02 Å². The van der Waals surface area contributed by atoms with Gasteiger partial charge in [-0.1, -0.05) is 24.6 Å². The second-order valence-electron chi connectivity index (χ2n) is 6.34. The molecule has 3 aromatic rings. The first-order valence-electron chi connectivity index (χ1n) is 8.61. The number of halogens is 1. The Morgan fingerprint density at radius 2 is 1.84 bits per heavy atom. The second kappa shape index (κ2) is 6.52. The fourth-order valence-electron chi connectivity index (χ4n) is 3.35. The Balaban J connectivity index is 1.58.